The lowest BCUT2D eigenvalue weighted by Crippen LogP contribution is -2.65. The molecule has 6 nitrogen and oxygen atoms in total. The maximum absolute atomic E-state index is 11.5. The van der Waals surface area contributed by atoms with Crippen molar-refractivity contribution in [1.82, 2.24) is 4.90 Å². The number of rotatable bonds is 3. The average molecular weight is 216 g/mol. The summed E-state index contributed by atoms with van der Waals surface area (Å²) in [5.41, 5.74) is 4.54. The number of hydrogen-bond donors (Lipinski definition) is 2. The van der Waals surface area contributed by atoms with Gasteiger partial charge in [0.2, 0.25) is 0 Å². The molecule has 1 rings (SSSR count). The van der Waals surface area contributed by atoms with E-state index in [2.05, 4.69) is 4.74 Å². The van der Waals surface area contributed by atoms with Crippen LogP contribution < -0.4 is 5.73 Å². The summed E-state index contributed by atoms with van der Waals surface area (Å²) in [6, 6.07) is -1.28. The predicted octanol–water partition coefficient (Wildman–Crippen LogP) is -1.53. The lowest BCUT2D eigenvalue weighted by molar-refractivity contribution is -0.161. The van der Waals surface area contributed by atoms with Crippen molar-refractivity contribution in [1.29, 1.82) is 0 Å². The second-order valence-electron chi connectivity index (χ2n) is 3.92. The zero-order chi connectivity index (χ0) is 11.6. The number of nitrogens with zero attached hydrogens (tertiary/aromatic N) is 1. The molecule has 0 aromatic rings. The summed E-state index contributed by atoms with van der Waals surface area (Å²) < 4.78 is 4.62. The minimum atomic E-state index is -1.28. The Balaban J connectivity index is 2.45. The molecule has 1 aliphatic rings. The quantitative estimate of drug-likeness (QED) is 0.441. The predicted molar refractivity (Wildman–Crippen MR) is 51.8 cm³/mol. The van der Waals surface area contributed by atoms with Gasteiger partial charge < -0.3 is 20.5 Å². The molecule has 6 heteroatoms. The second kappa shape index (κ2) is 4.16. The van der Waals surface area contributed by atoms with Crippen LogP contribution in [0.1, 0.15) is 13.8 Å². The van der Waals surface area contributed by atoms with Crippen molar-refractivity contribution in [2.45, 2.75) is 25.5 Å². The lowest BCUT2D eigenvalue weighted by Gasteiger charge is -2.44. The number of esters is 1. The van der Waals surface area contributed by atoms with E-state index in [0.29, 0.717) is 0 Å². The zero-order valence-electron chi connectivity index (χ0n) is 8.90. The molecule has 1 aliphatic heterocycles. The summed E-state index contributed by atoms with van der Waals surface area (Å²) in [4.78, 5) is 24.0. The number of nitrogens with two attached hydrogens (primary N) is 1. The summed E-state index contributed by atoms with van der Waals surface area (Å²) in [5, 5.41) is 9.41. The SMILES string of the molecule is CCOC(=O)C(N)C(=O)N1CC(C)(O)C1. The third kappa shape index (κ3) is 2.66. The molecule has 1 saturated heterocycles. The van der Waals surface area contributed by atoms with E-state index in [0.717, 1.165) is 0 Å². The summed E-state index contributed by atoms with van der Waals surface area (Å²) >= 11 is 0. The van der Waals surface area contributed by atoms with Crippen LogP contribution in [0.15, 0.2) is 0 Å². The fourth-order valence-electron chi connectivity index (χ4n) is 1.46. The minimum absolute atomic E-state index is 0.192. The van der Waals surface area contributed by atoms with Gasteiger partial charge in [0.1, 0.15) is 0 Å². The highest BCUT2D eigenvalue weighted by Crippen LogP contribution is 2.20. The molecule has 1 fully saturated rings. The van der Waals surface area contributed by atoms with Gasteiger partial charge in [-0.05, 0) is 13.8 Å². The van der Waals surface area contributed by atoms with Gasteiger partial charge in [-0.2, -0.15) is 0 Å². The van der Waals surface area contributed by atoms with E-state index in [1.807, 2.05) is 0 Å². The standard InChI is InChI=1S/C9H16N2O4/c1-3-15-8(13)6(10)7(12)11-4-9(2,14)5-11/h6,14H,3-5,10H2,1-2H3. The molecule has 0 spiro atoms. The van der Waals surface area contributed by atoms with Gasteiger partial charge in [-0.1, -0.05) is 0 Å². The van der Waals surface area contributed by atoms with Gasteiger partial charge in [0, 0.05) is 0 Å². The number of hydrogen-bond acceptors (Lipinski definition) is 5. The first-order chi connectivity index (χ1) is 6.87. The largest absolute Gasteiger partial charge is 0.464 e. The Morgan fingerprint density at radius 3 is 2.53 bits per heavy atom. The van der Waals surface area contributed by atoms with Crippen molar-refractivity contribution < 1.29 is 19.4 Å². The highest BCUT2D eigenvalue weighted by Gasteiger charge is 2.42. The fourth-order valence-corrected chi connectivity index (χ4v) is 1.46. The van der Waals surface area contributed by atoms with E-state index in [1.54, 1.807) is 13.8 Å². The maximum Gasteiger partial charge on any atom is 0.332 e. The third-order valence-corrected chi connectivity index (χ3v) is 2.18. The Morgan fingerprint density at radius 2 is 2.13 bits per heavy atom. The molecule has 0 radical (unpaired) electrons. The van der Waals surface area contributed by atoms with Crippen LogP contribution in [0, 0.1) is 0 Å². The molecule has 86 valence electrons. The zero-order valence-corrected chi connectivity index (χ0v) is 8.90. The van der Waals surface area contributed by atoms with Crippen LogP contribution in [0.3, 0.4) is 0 Å². The minimum Gasteiger partial charge on any atom is -0.464 e. The number of ether oxygens (including phenoxy) is 1. The first-order valence-electron chi connectivity index (χ1n) is 4.81. The molecule has 0 aromatic carbocycles. The Labute approximate surface area is 88.0 Å². The number of carbonyl (C=O) groups is 2. The monoisotopic (exact) mass is 216 g/mol. The summed E-state index contributed by atoms with van der Waals surface area (Å²) in [7, 11) is 0. The molecule has 15 heavy (non-hydrogen) atoms. The van der Waals surface area contributed by atoms with Crippen LogP contribution in [-0.4, -0.2) is 53.2 Å². The van der Waals surface area contributed by atoms with Crippen molar-refractivity contribution in [3.05, 3.63) is 0 Å². The molecule has 0 aliphatic carbocycles. The fraction of sp³-hybridized carbons (Fsp3) is 0.778. The molecule has 0 saturated carbocycles. The van der Waals surface area contributed by atoms with Crippen LogP contribution in [0.25, 0.3) is 0 Å². The van der Waals surface area contributed by atoms with Gasteiger partial charge in [0.25, 0.3) is 5.91 Å². The molecule has 0 bridgehead atoms. The first kappa shape index (κ1) is 11.9. The highest BCUT2D eigenvalue weighted by molar-refractivity contribution is 6.02. The van der Waals surface area contributed by atoms with Gasteiger partial charge in [-0.3, -0.25) is 4.79 Å². The summed E-state index contributed by atoms with van der Waals surface area (Å²) in [6.07, 6.45) is 0. The lowest BCUT2D eigenvalue weighted by atomic mass is 9.96. The average Bonchev–Trinajstić information content (AvgIpc) is 2.12. The molecular formula is C9H16N2O4. The molecule has 3 N–H and O–H groups in total. The van der Waals surface area contributed by atoms with Gasteiger partial charge in [0.05, 0.1) is 25.3 Å². The molecular weight excluding hydrogens is 200 g/mol. The number of aliphatic hydroxyl groups is 1. The van der Waals surface area contributed by atoms with E-state index in [-0.39, 0.29) is 19.7 Å². The van der Waals surface area contributed by atoms with Gasteiger partial charge >= 0.3 is 5.97 Å². The first-order valence-corrected chi connectivity index (χ1v) is 4.81. The second-order valence-corrected chi connectivity index (χ2v) is 3.92. The molecule has 1 amide bonds. The van der Waals surface area contributed by atoms with Crippen LogP contribution in [0.2, 0.25) is 0 Å². The van der Waals surface area contributed by atoms with Gasteiger partial charge in [-0.15, -0.1) is 0 Å². The van der Waals surface area contributed by atoms with Crippen molar-refractivity contribution in [3.63, 3.8) is 0 Å². The normalized spacial score (nSPS) is 20.4. The van der Waals surface area contributed by atoms with Crippen molar-refractivity contribution >= 4 is 11.9 Å². The number of likely N-dealkylation sites (tertiary alicyclic amines) is 1. The van der Waals surface area contributed by atoms with E-state index >= 15 is 0 Å². The van der Waals surface area contributed by atoms with Crippen molar-refractivity contribution in [2.24, 2.45) is 5.73 Å². The number of amides is 1. The molecule has 1 atom stereocenters. The van der Waals surface area contributed by atoms with Crippen LogP contribution in [0.5, 0.6) is 0 Å². The molecule has 1 heterocycles. The molecule has 0 aromatic heterocycles. The van der Waals surface area contributed by atoms with Crippen LogP contribution in [-0.2, 0) is 14.3 Å². The summed E-state index contributed by atoms with van der Waals surface area (Å²) in [5.74, 6) is -1.23. The van der Waals surface area contributed by atoms with Gasteiger partial charge in [0.15, 0.2) is 6.04 Å². The Bertz CT molecular complexity index is 269. The Hall–Kier alpha value is -1.14. The van der Waals surface area contributed by atoms with E-state index in [9.17, 15) is 14.7 Å². The van der Waals surface area contributed by atoms with Gasteiger partial charge in [-0.25, -0.2) is 4.79 Å². The third-order valence-electron chi connectivity index (χ3n) is 2.18. The van der Waals surface area contributed by atoms with Crippen molar-refractivity contribution in [3.8, 4) is 0 Å². The van der Waals surface area contributed by atoms with E-state index in [1.165, 1.54) is 4.90 Å². The molecule has 1 unspecified atom stereocenters. The van der Waals surface area contributed by atoms with E-state index < -0.39 is 23.5 Å². The van der Waals surface area contributed by atoms with Crippen LogP contribution >= 0.6 is 0 Å². The highest BCUT2D eigenvalue weighted by atomic mass is 16.5. The number of carbonyl (C=O) groups excluding carboxylic acids is 2. The maximum atomic E-state index is 11.5. The number of β-amino-alcohol motifs (C(OH)–C–C–N with tert-alkyl or cyclic N) is 1. The Morgan fingerprint density at radius 1 is 1.60 bits per heavy atom. The topological polar surface area (TPSA) is 92.9 Å². The van der Waals surface area contributed by atoms with Crippen LogP contribution in [0.4, 0.5) is 0 Å². The smallest absolute Gasteiger partial charge is 0.332 e. The summed E-state index contributed by atoms with van der Waals surface area (Å²) in [6.45, 7) is 3.87. The Kier molecular flexibility index (Phi) is 3.31. The van der Waals surface area contributed by atoms with Crippen molar-refractivity contribution in [2.75, 3.05) is 19.7 Å². The van der Waals surface area contributed by atoms with E-state index in [4.69, 9.17) is 5.73 Å².